The van der Waals surface area contributed by atoms with Crippen molar-refractivity contribution >= 4 is 32.3 Å². The first-order valence-corrected chi connectivity index (χ1v) is 11.8. The molecule has 3 aromatic heterocycles. The zero-order valence-electron chi connectivity index (χ0n) is 18.3. The fourth-order valence-corrected chi connectivity index (χ4v) is 4.97. The summed E-state index contributed by atoms with van der Waals surface area (Å²) >= 11 is 0. The summed E-state index contributed by atoms with van der Waals surface area (Å²) in [5, 5.41) is 9.04. The number of benzene rings is 1. The molecule has 34 heavy (non-hydrogen) atoms. The Morgan fingerprint density at radius 3 is 2.74 bits per heavy atom. The van der Waals surface area contributed by atoms with Gasteiger partial charge in [0.1, 0.15) is 16.3 Å². The summed E-state index contributed by atoms with van der Waals surface area (Å²) in [4.78, 5) is 5.67. The number of fused-ring (bicyclic) bond motifs is 1. The smallest absolute Gasteiger partial charge is 0.266 e. The van der Waals surface area contributed by atoms with Gasteiger partial charge >= 0.3 is 0 Å². The van der Waals surface area contributed by atoms with E-state index in [1.807, 2.05) is 0 Å². The van der Waals surface area contributed by atoms with Crippen LogP contribution in [0, 0.1) is 0 Å². The number of alkyl halides is 2. The van der Waals surface area contributed by atoms with Crippen LogP contribution in [0.3, 0.4) is 0 Å². The van der Waals surface area contributed by atoms with Gasteiger partial charge in [-0.3, -0.25) is 9.40 Å². The number of rotatable bonds is 6. The molecule has 1 fully saturated rings. The lowest BCUT2D eigenvalue weighted by atomic mass is 10.2. The number of methoxy groups -OCH3 is 1. The number of aromatic nitrogens is 5. The first kappa shape index (κ1) is 22.1. The molecule has 1 aliphatic rings. The third-order valence-electron chi connectivity index (χ3n) is 5.69. The summed E-state index contributed by atoms with van der Waals surface area (Å²) in [5.74, 6) is -2.09. The fraction of sp³-hybridized carbons (Fsp3) is 0.286. The van der Waals surface area contributed by atoms with Crippen LogP contribution >= 0.6 is 0 Å². The van der Waals surface area contributed by atoms with Crippen LogP contribution in [0.1, 0.15) is 6.42 Å². The molecular formula is C21H21F2N7O3S. The van der Waals surface area contributed by atoms with E-state index >= 15 is 0 Å². The number of hydrogen-bond acceptors (Lipinski definition) is 7. The van der Waals surface area contributed by atoms with E-state index < -0.39 is 15.9 Å². The van der Waals surface area contributed by atoms with E-state index in [-0.39, 0.29) is 30.1 Å². The molecule has 13 heteroatoms. The Morgan fingerprint density at radius 2 is 2.00 bits per heavy atom. The number of hydrogen-bond donors (Lipinski definition) is 1. The Balaban J connectivity index is 1.45. The molecule has 0 saturated carbocycles. The molecule has 4 aromatic rings. The van der Waals surface area contributed by atoms with E-state index in [1.54, 1.807) is 47.1 Å². The van der Waals surface area contributed by atoms with Crippen molar-refractivity contribution in [2.45, 2.75) is 17.2 Å². The van der Waals surface area contributed by atoms with Crippen molar-refractivity contribution in [2.75, 3.05) is 29.8 Å². The van der Waals surface area contributed by atoms with Crippen molar-refractivity contribution in [3.8, 4) is 11.6 Å². The Morgan fingerprint density at radius 1 is 1.18 bits per heavy atom. The van der Waals surface area contributed by atoms with Gasteiger partial charge in [-0.15, -0.1) is 0 Å². The van der Waals surface area contributed by atoms with Crippen molar-refractivity contribution in [2.24, 2.45) is 7.05 Å². The van der Waals surface area contributed by atoms with Gasteiger partial charge in [0.25, 0.3) is 15.9 Å². The monoisotopic (exact) mass is 489 g/mol. The highest BCUT2D eigenvalue weighted by Gasteiger charge is 2.38. The molecule has 1 aromatic carbocycles. The molecule has 0 amide bonds. The topological polar surface area (TPSA) is 107 Å². The Hall–Kier alpha value is -3.74. The van der Waals surface area contributed by atoms with Crippen LogP contribution in [0.25, 0.3) is 16.7 Å². The second-order valence-corrected chi connectivity index (χ2v) is 9.66. The van der Waals surface area contributed by atoms with Gasteiger partial charge in [0, 0.05) is 43.4 Å². The molecule has 1 N–H and O–H groups in total. The highest BCUT2D eigenvalue weighted by molar-refractivity contribution is 7.92. The number of aryl methyl sites for hydroxylation is 1. The van der Waals surface area contributed by atoms with Gasteiger partial charge < -0.3 is 9.64 Å². The van der Waals surface area contributed by atoms with Gasteiger partial charge in [-0.25, -0.2) is 26.9 Å². The molecule has 5 rings (SSSR count). The van der Waals surface area contributed by atoms with Crippen LogP contribution in [-0.2, 0) is 17.1 Å². The minimum Gasteiger partial charge on any atom is -0.494 e. The molecule has 0 unspecified atom stereocenters. The van der Waals surface area contributed by atoms with Crippen LogP contribution in [0.2, 0.25) is 0 Å². The summed E-state index contributed by atoms with van der Waals surface area (Å²) < 4.78 is 64.3. The zero-order chi connectivity index (χ0) is 24.1. The number of ether oxygens (including phenoxy) is 1. The lowest BCUT2D eigenvalue weighted by Gasteiger charge is -2.18. The molecular weight excluding hydrogens is 468 g/mol. The summed E-state index contributed by atoms with van der Waals surface area (Å²) in [6.45, 7) is -0.152. The summed E-state index contributed by atoms with van der Waals surface area (Å²) in [6.07, 6.45) is 5.38. The number of nitrogens with one attached hydrogen (secondary N) is 1. The second-order valence-electron chi connectivity index (χ2n) is 7.97. The second kappa shape index (κ2) is 7.94. The van der Waals surface area contributed by atoms with Crippen molar-refractivity contribution in [3.05, 3.63) is 49.1 Å². The summed E-state index contributed by atoms with van der Waals surface area (Å²) in [6, 6.07) is 6.67. The maximum Gasteiger partial charge on any atom is 0.266 e. The molecule has 4 heterocycles. The van der Waals surface area contributed by atoms with Crippen molar-refractivity contribution in [1.29, 1.82) is 0 Å². The first-order valence-electron chi connectivity index (χ1n) is 10.3. The first-order chi connectivity index (χ1) is 16.2. The quantitative estimate of drug-likeness (QED) is 0.444. The van der Waals surface area contributed by atoms with Crippen molar-refractivity contribution in [1.82, 2.24) is 24.5 Å². The average molecular weight is 490 g/mol. The Bertz CT molecular complexity index is 1480. The number of halogens is 2. The van der Waals surface area contributed by atoms with Crippen LogP contribution in [0.15, 0.2) is 53.9 Å². The molecule has 178 valence electrons. The van der Waals surface area contributed by atoms with Gasteiger partial charge in [-0.2, -0.15) is 10.2 Å². The molecule has 1 saturated heterocycles. The van der Waals surface area contributed by atoms with Gasteiger partial charge in [0.2, 0.25) is 0 Å². The minimum atomic E-state index is -4.05. The number of sulfonamides is 1. The largest absolute Gasteiger partial charge is 0.494 e. The molecule has 1 aliphatic heterocycles. The molecule has 0 radical (unpaired) electrons. The predicted molar refractivity (Wildman–Crippen MR) is 121 cm³/mol. The summed E-state index contributed by atoms with van der Waals surface area (Å²) in [7, 11) is -0.905. The van der Waals surface area contributed by atoms with Gasteiger partial charge in [-0.1, -0.05) is 0 Å². The van der Waals surface area contributed by atoms with E-state index in [0.29, 0.717) is 22.8 Å². The number of anilines is 2. The predicted octanol–water partition coefficient (Wildman–Crippen LogP) is 2.81. The normalized spacial score (nSPS) is 15.7. The molecule has 10 nitrogen and oxygen atoms in total. The van der Waals surface area contributed by atoms with Crippen molar-refractivity contribution in [3.63, 3.8) is 0 Å². The average Bonchev–Trinajstić information content (AvgIpc) is 3.53. The van der Waals surface area contributed by atoms with Gasteiger partial charge in [-0.05, 0) is 18.2 Å². The van der Waals surface area contributed by atoms with E-state index in [2.05, 4.69) is 19.9 Å². The van der Waals surface area contributed by atoms with E-state index in [4.69, 9.17) is 4.74 Å². The third-order valence-corrected chi connectivity index (χ3v) is 6.99. The molecule has 0 bridgehead atoms. The maximum atomic E-state index is 13.6. The van der Waals surface area contributed by atoms with Crippen LogP contribution in [-0.4, -0.2) is 59.1 Å². The number of pyridine rings is 1. The van der Waals surface area contributed by atoms with Gasteiger partial charge in [0.05, 0.1) is 37.8 Å². The highest BCUT2D eigenvalue weighted by atomic mass is 32.2. The van der Waals surface area contributed by atoms with Crippen LogP contribution < -0.4 is 14.4 Å². The van der Waals surface area contributed by atoms with Crippen LogP contribution in [0.5, 0.6) is 5.75 Å². The fourth-order valence-electron chi connectivity index (χ4n) is 3.97. The Kier molecular flexibility index (Phi) is 5.15. The molecule has 0 spiro atoms. The maximum absolute atomic E-state index is 13.6. The highest BCUT2D eigenvalue weighted by Crippen LogP contribution is 2.35. The Labute approximate surface area is 193 Å². The zero-order valence-corrected chi connectivity index (χ0v) is 19.1. The van der Waals surface area contributed by atoms with Crippen LogP contribution in [0.4, 0.5) is 20.2 Å². The van der Waals surface area contributed by atoms with Crippen molar-refractivity contribution < 1.29 is 21.9 Å². The van der Waals surface area contributed by atoms with E-state index in [0.717, 1.165) is 5.39 Å². The summed E-state index contributed by atoms with van der Waals surface area (Å²) in [5.41, 5.74) is 1.38. The third kappa shape index (κ3) is 3.91. The van der Waals surface area contributed by atoms with Gasteiger partial charge in [0.15, 0.2) is 5.82 Å². The molecule has 0 aliphatic carbocycles. The number of nitrogens with zero attached hydrogens (tertiary/aromatic N) is 6. The minimum absolute atomic E-state index is 0.103. The SMILES string of the molecule is COc1ccc2cnn(C)c2c1NS(=O)(=O)c1cnn(-c2cc(N3CCC(F)(F)C3)ccn2)c1. The lowest BCUT2D eigenvalue weighted by molar-refractivity contribution is 0.0257. The molecule has 0 atom stereocenters. The van der Waals surface area contributed by atoms with E-state index in [9.17, 15) is 17.2 Å². The van der Waals surface area contributed by atoms with E-state index in [1.165, 1.54) is 30.4 Å². The lowest BCUT2D eigenvalue weighted by Crippen LogP contribution is -2.25. The standard InChI is InChI=1S/C21H21F2N7O3S/c1-28-20-14(10-25-28)3-4-17(33-2)19(20)27-34(31,32)16-11-26-30(12-16)18-9-15(5-7-24-18)29-8-6-21(22,23)13-29/h3-5,7,9-12,27H,6,8,13H2,1-2H3.